The van der Waals surface area contributed by atoms with Crippen molar-refractivity contribution in [1.82, 2.24) is 0 Å². The van der Waals surface area contributed by atoms with Gasteiger partial charge in [0.25, 0.3) is 0 Å². The first-order valence-corrected chi connectivity index (χ1v) is 6.97. The summed E-state index contributed by atoms with van der Waals surface area (Å²) in [6.45, 7) is 3.48. The van der Waals surface area contributed by atoms with Gasteiger partial charge in [-0.1, -0.05) is 18.2 Å². The zero-order chi connectivity index (χ0) is 12.9. The van der Waals surface area contributed by atoms with Crippen LogP contribution in [0.5, 0.6) is 0 Å². The number of hydrogen-bond acceptors (Lipinski definition) is 4. The Morgan fingerprint density at radius 3 is 2.29 bits per heavy atom. The van der Waals surface area contributed by atoms with E-state index in [-0.39, 0.29) is 18.8 Å². The molecule has 0 unspecified atom stereocenters. The molecule has 1 aromatic carbocycles. The van der Waals surface area contributed by atoms with Crippen LogP contribution in [0.4, 0.5) is 4.39 Å². The third kappa shape index (κ3) is 3.36. The van der Waals surface area contributed by atoms with E-state index < -0.39 is 19.3 Å². The summed E-state index contributed by atoms with van der Waals surface area (Å²) in [6.07, 6.45) is 0. The Morgan fingerprint density at radius 2 is 1.82 bits per heavy atom. The Kier molecular flexibility index (Phi) is 5.28. The van der Waals surface area contributed by atoms with E-state index in [1.807, 2.05) is 0 Å². The van der Waals surface area contributed by atoms with Crippen molar-refractivity contribution in [3.63, 3.8) is 0 Å². The smallest absolute Gasteiger partial charge is 0.363 e. The summed E-state index contributed by atoms with van der Waals surface area (Å²) < 4.78 is 35.6. The standard InChI is InChI=1S/C11H16FO4P/c1-3-15-17(14,16-4-2)11(13)9-7-5-6-8-10(9)12/h5-8,11,13H,3-4H2,1-2H3/t11-/m0/s1. The Bertz CT molecular complexity index is 400. The van der Waals surface area contributed by atoms with Gasteiger partial charge in [-0.15, -0.1) is 0 Å². The minimum Gasteiger partial charge on any atom is -0.376 e. The lowest BCUT2D eigenvalue weighted by atomic mass is 10.2. The monoisotopic (exact) mass is 262 g/mol. The van der Waals surface area contributed by atoms with E-state index >= 15 is 0 Å². The summed E-state index contributed by atoms with van der Waals surface area (Å²) in [7, 11) is -3.74. The minimum absolute atomic E-state index is 0.0854. The molecule has 0 aliphatic rings. The van der Waals surface area contributed by atoms with Crippen LogP contribution >= 0.6 is 7.60 Å². The van der Waals surface area contributed by atoms with Gasteiger partial charge in [0.2, 0.25) is 0 Å². The van der Waals surface area contributed by atoms with Gasteiger partial charge in [-0.25, -0.2) is 4.39 Å². The van der Waals surface area contributed by atoms with Crippen molar-refractivity contribution in [2.24, 2.45) is 0 Å². The second-order valence-corrected chi connectivity index (χ2v) is 5.36. The minimum atomic E-state index is -3.74. The summed E-state index contributed by atoms with van der Waals surface area (Å²) in [4.78, 5) is 0. The first-order valence-electron chi connectivity index (χ1n) is 5.36. The maximum absolute atomic E-state index is 13.5. The van der Waals surface area contributed by atoms with E-state index in [4.69, 9.17) is 9.05 Å². The van der Waals surface area contributed by atoms with Crippen LogP contribution in [0.2, 0.25) is 0 Å². The predicted molar refractivity (Wildman–Crippen MR) is 62.2 cm³/mol. The molecular weight excluding hydrogens is 246 g/mol. The average Bonchev–Trinajstić information content (AvgIpc) is 2.29. The number of aliphatic hydroxyl groups excluding tert-OH is 1. The molecule has 0 heterocycles. The van der Waals surface area contributed by atoms with E-state index in [1.54, 1.807) is 19.9 Å². The van der Waals surface area contributed by atoms with Gasteiger partial charge in [0.1, 0.15) is 5.82 Å². The van der Waals surface area contributed by atoms with E-state index in [1.165, 1.54) is 18.2 Å². The van der Waals surface area contributed by atoms with Gasteiger partial charge in [-0.05, 0) is 19.9 Å². The fourth-order valence-corrected chi connectivity index (χ4v) is 3.02. The van der Waals surface area contributed by atoms with Crippen LogP contribution in [0.25, 0.3) is 0 Å². The molecule has 6 heteroatoms. The summed E-state index contributed by atoms with van der Waals surface area (Å²) in [6, 6.07) is 5.56. The number of aliphatic hydroxyl groups is 1. The third-order valence-electron chi connectivity index (χ3n) is 2.10. The molecule has 0 bridgehead atoms. The van der Waals surface area contributed by atoms with Crippen LogP contribution < -0.4 is 0 Å². The van der Waals surface area contributed by atoms with Crippen molar-refractivity contribution in [3.8, 4) is 0 Å². The van der Waals surface area contributed by atoms with E-state index in [9.17, 15) is 14.1 Å². The fraction of sp³-hybridized carbons (Fsp3) is 0.455. The Balaban J connectivity index is 3.04. The molecule has 0 saturated heterocycles. The van der Waals surface area contributed by atoms with Gasteiger partial charge >= 0.3 is 7.60 Å². The molecule has 4 nitrogen and oxygen atoms in total. The molecular formula is C11H16FO4P. The highest BCUT2D eigenvalue weighted by Crippen LogP contribution is 2.59. The van der Waals surface area contributed by atoms with Crippen molar-refractivity contribution in [2.45, 2.75) is 19.7 Å². The first-order chi connectivity index (χ1) is 8.05. The number of halogens is 1. The molecule has 0 spiro atoms. The van der Waals surface area contributed by atoms with Crippen LogP contribution in [-0.2, 0) is 13.6 Å². The predicted octanol–water partition coefficient (Wildman–Crippen LogP) is 3.08. The van der Waals surface area contributed by atoms with Crippen LogP contribution in [0, 0.1) is 5.82 Å². The van der Waals surface area contributed by atoms with Crippen LogP contribution in [0.15, 0.2) is 24.3 Å². The Labute approximate surface area is 99.9 Å². The second kappa shape index (κ2) is 6.26. The molecule has 96 valence electrons. The molecule has 1 rings (SSSR count). The van der Waals surface area contributed by atoms with Crippen molar-refractivity contribution >= 4 is 7.60 Å². The molecule has 0 amide bonds. The number of benzene rings is 1. The van der Waals surface area contributed by atoms with Crippen molar-refractivity contribution < 1.29 is 23.1 Å². The van der Waals surface area contributed by atoms with Crippen molar-refractivity contribution in [3.05, 3.63) is 35.6 Å². The Morgan fingerprint density at radius 1 is 1.29 bits per heavy atom. The van der Waals surface area contributed by atoms with Crippen LogP contribution in [0.1, 0.15) is 25.3 Å². The van der Waals surface area contributed by atoms with E-state index in [2.05, 4.69) is 0 Å². The van der Waals surface area contributed by atoms with Gasteiger partial charge in [0.15, 0.2) is 5.85 Å². The van der Waals surface area contributed by atoms with E-state index in [0.29, 0.717) is 0 Å². The van der Waals surface area contributed by atoms with Gasteiger partial charge in [0, 0.05) is 5.56 Å². The molecule has 0 saturated carbocycles. The van der Waals surface area contributed by atoms with Crippen LogP contribution in [0.3, 0.4) is 0 Å². The number of hydrogen-bond donors (Lipinski definition) is 1. The van der Waals surface area contributed by atoms with Crippen molar-refractivity contribution in [1.29, 1.82) is 0 Å². The van der Waals surface area contributed by atoms with Gasteiger partial charge < -0.3 is 14.2 Å². The lowest BCUT2D eigenvalue weighted by Crippen LogP contribution is -2.07. The molecule has 0 aliphatic carbocycles. The van der Waals surface area contributed by atoms with E-state index in [0.717, 1.165) is 0 Å². The number of rotatable bonds is 6. The molecule has 0 fully saturated rings. The van der Waals surface area contributed by atoms with Gasteiger partial charge in [-0.3, -0.25) is 4.57 Å². The summed E-state index contributed by atoms with van der Waals surface area (Å²) in [5, 5.41) is 9.93. The normalized spacial score (nSPS) is 13.6. The summed E-state index contributed by atoms with van der Waals surface area (Å²) in [5.41, 5.74) is -0.0854. The molecule has 0 aliphatic heterocycles. The molecule has 0 aromatic heterocycles. The zero-order valence-corrected chi connectivity index (χ0v) is 10.7. The maximum Gasteiger partial charge on any atom is 0.363 e. The zero-order valence-electron chi connectivity index (χ0n) is 9.80. The highest BCUT2D eigenvalue weighted by atomic mass is 31.2. The maximum atomic E-state index is 13.5. The summed E-state index contributed by atoms with van der Waals surface area (Å²) >= 11 is 0. The average molecular weight is 262 g/mol. The molecule has 17 heavy (non-hydrogen) atoms. The fourth-order valence-electron chi connectivity index (χ4n) is 1.39. The SMILES string of the molecule is CCOP(=O)(OCC)[C@H](O)c1ccccc1F. The van der Waals surface area contributed by atoms with Gasteiger partial charge in [0.05, 0.1) is 13.2 Å². The molecule has 1 atom stereocenters. The second-order valence-electron chi connectivity index (χ2n) is 3.27. The van der Waals surface area contributed by atoms with Gasteiger partial charge in [-0.2, -0.15) is 0 Å². The van der Waals surface area contributed by atoms with Crippen LogP contribution in [-0.4, -0.2) is 18.3 Å². The highest BCUT2D eigenvalue weighted by molar-refractivity contribution is 7.54. The highest BCUT2D eigenvalue weighted by Gasteiger charge is 2.36. The topological polar surface area (TPSA) is 55.8 Å². The first kappa shape index (κ1) is 14.3. The Hall–Kier alpha value is -0.740. The molecule has 0 radical (unpaired) electrons. The molecule has 1 N–H and O–H groups in total. The largest absolute Gasteiger partial charge is 0.376 e. The quantitative estimate of drug-likeness (QED) is 0.800. The lowest BCUT2D eigenvalue weighted by molar-refractivity contribution is 0.148. The summed E-state index contributed by atoms with van der Waals surface area (Å²) in [5.74, 6) is -2.25. The van der Waals surface area contributed by atoms with Crippen molar-refractivity contribution in [2.75, 3.05) is 13.2 Å². The third-order valence-corrected chi connectivity index (χ3v) is 4.21. The lowest BCUT2D eigenvalue weighted by Gasteiger charge is -2.22. The molecule has 1 aromatic rings.